The zero-order chi connectivity index (χ0) is 13.7. The smallest absolute Gasteiger partial charge is 0.411 e. The summed E-state index contributed by atoms with van der Waals surface area (Å²) >= 11 is 0. The third kappa shape index (κ3) is 3.33. The topological polar surface area (TPSA) is 58.6 Å². The second-order valence-electron chi connectivity index (χ2n) is 4.07. The van der Waals surface area contributed by atoms with Gasteiger partial charge in [-0.2, -0.15) is 0 Å². The van der Waals surface area contributed by atoms with Crippen LogP contribution in [0.3, 0.4) is 0 Å². The summed E-state index contributed by atoms with van der Waals surface area (Å²) in [5, 5.41) is 13.7. The van der Waals surface area contributed by atoms with Gasteiger partial charge in [-0.05, 0) is 34.5 Å². The average Bonchev–Trinajstić information content (AvgIpc) is 2.44. The first-order valence-electron chi connectivity index (χ1n) is 5.91. The van der Waals surface area contributed by atoms with Crippen molar-refractivity contribution < 1.29 is 14.6 Å². The van der Waals surface area contributed by atoms with Gasteiger partial charge < -0.3 is 9.84 Å². The van der Waals surface area contributed by atoms with E-state index in [0.717, 1.165) is 16.3 Å². The van der Waals surface area contributed by atoms with E-state index in [0.29, 0.717) is 5.69 Å². The second-order valence-corrected chi connectivity index (χ2v) is 4.07. The van der Waals surface area contributed by atoms with E-state index in [2.05, 4.69) is 11.9 Å². The molecule has 0 aliphatic carbocycles. The normalized spacial score (nSPS) is 10.2. The molecule has 2 aromatic carbocycles. The Morgan fingerprint density at radius 1 is 1.26 bits per heavy atom. The number of benzene rings is 2. The third-order valence-electron chi connectivity index (χ3n) is 2.67. The Morgan fingerprint density at radius 3 is 2.74 bits per heavy atom. The highest BCUT2D eigenvalue weighted by molar-refractivity contribution is 5.91. The number of anilines is 1. The van der Waals surface area contributed by atoms with Crippen LogP contribution in [0.4, 0.5) is 10.5 Å². The summed E-state index contributed by atoms with van der Waals surface area (Å²) in [5.41, 5.74) is 1.52. The van der Waals surface area contributed by atoms with Crippen molar-refractivity contribution in [3.63, 3.8) is 0 Å². The van der Waals surface area contributed by atoms with Gasteiger partial charge in [-0.15, -0.1) is 0 Å². The molecule has 0 unspecified atom stereocenters. The maximum atomic E-state index is 11.4. The van der Waals surface area contributed by atoms with Crippen LogP contribution in [0, 0.1) is 0 Å². The number of aliphatic hydroxyl groups is 1. The molecular formula is C15H15NO3. The van der Waals surface area contributed by atoms with Gasteiger partial charge in [-0.1, -0.05) is 30.9 Å². The first-order valence-corrected chi connectivity index (χ1v) is 5.91. The van der Waals surface area contributed by atoms with E-state index in [1.54, 1.807) is 6.07 Å². The van der Waals surface area contributed by atoms with Crippen LogP contribution in [0.15, 0.2) is 49.1 Å². The highest BCUT2D eigenvalue weighted by Crippen LogP contribution is 2.20. The maximum Gasteiger partial charge on any atom is 0.411 e. The first kappa shape index (κ1) is 13.1. The molecule has 0 spiro atoms. The molecule has 0 aliphatic heterocycles. The summed E-state index contributed by atoms with van der Waals surface area (Å²) < 4.78 is 4.84. The lowest BCUT2D eigenvalue weighted by Crippen LogP contribution is -2.13. The molecule has 0 aliphatic rings. The van der Waals surface area contributed by atoms with Crippen molar-refractivity contribution in [2.24, 2.45) is 0 Å². The summed E-state index contributed by atoms with van der Waals surface area (Å²) in [6.07, 6.45) is 1.00. The number of carbonyl (C=O) groups is 1. The van der Waals surface area contributed by atoms with Crippen LogP contribution in [-0.2, 0) is 11.3 Å². The number of hydrogen-bond donors (Lipinski definition) is 2. The molecule has 2 N–H and O–H groups in total. The predicted molar refractivity (Wildman–Crippen MR) is 75.0 cm³/mol. The Bertz CT molecular complexity index is 607. The fourth-order valence-corrected chi connectivity index (χ4v) is 1.76. The van der Waals surface area contributed by atoms with Gasteiger partial charge in [-0.3, -0.25) is 5.32 Å². The molecule has 19 heavy (non-hydrogen) atoms. The van der Waals surface area contributed by atoms with Gasteiger partial charge in [-0.25, -0.2) is 4.79 Å². The summed E-state index contributed by atoms with van der Waals surface area (Å²) in [6.45, 7) is 3.67. The Balaban J connectivity index is 2.17. The van der Waals surface area contributed by atoms with E-state index >= 15 is 0 Å². The number of nitrogens with one attached hydrogen (secondary N) is 1. The van der Waals surface area contributed by atoms with Crippen molar-refractivity contribution >= 4 is 22.6 Å². The zero-order valence-electron chi connectivity index (χ0n) is 10.4. The van der Waals surface area contributed by atoms with Crippen LogP contribution < -0.4 is 5.32 Å². The standard InChI is InChI=1S/C15H15NO3/c1-2-7-19-15(18)16-14-6-5-12-8-11(10-17)3-4-13(12)9-14/h2-6,8-9,17H,1,7,10H2,(H,16,18). The maximum absolute atomic E-state index is 11.4. The van der Waals surface area contributed by atoms with E-state index in [-0.39, 0.29) is 13.2 Å². The minimum Gasteiger partial charge on any atom is -0.445 e. The van der Waals surface area contributed by atoms with Gasteiger partial charge in [0, 0.05) is 5.69 Å². The zero-order valence-corrected chi connectivity index (χ0v) is 10.4. The molecule has 0 atom stereocenters. The molecule has 0 heterocycles. The number of hydrogen-bond acceptors (Lipinski definition) is 3. The van der Waals surface area contributed by atoms with E-state index in [1.165, 1.54) is 6.08 Å². The number of rotatable bonds is 4. The van der Waals surface area contributed by atoms with E-state index < -0.39 is 6.09 Å². The summed E-state index contributed by atoms with van der Waals surface area (Å²) in [4.78, 5) is 11.4. The monoisotopic (exact) mass is 257 g/mol. The first-order chi connectivity index (χ1) is 9.22. The summed E-state index contributed by atoms with van der Waals surface area (Å²) in [5.74, 6) is 0. The molecular weight excluding hydrogens is 242 g/mol. The Hall–Kier alpha value is -2.33. The molecule has 98 valence electrons. The number of aliphatic hydroxyl groups excluding tert-OH is 1. The van der Waals surface area contributed by atoms with Crippen molar-refractivity contribution in [2.75, 3.05) is 11.9 Å². The van der Waals surface area contributed by atoms with Gasteiger partial charge in [0.05, 0.1) is 6.61 Å². The van der Waals surface area contributed by atoms with Crippen molar-refractivity contribution in [3.8, 4) is 0 Å². The van der Waals surface area contributed by atoms with Crippen LogP contribution >= 0.6 is 0 Å². The average molecular weight is 257 g/mol. The largest absolute Gasteiger partial charge is 0.445 e. The number of ether oxygens (including phenoxy) is 1. The number of carbonyl (C=O) groups excluding carboxylic acids is 1. The quantitative estimate of drug-likeness (QED) is 0.827. The SMILES string of the molecule is C=CCOC(=O)Nc1ccc2cc(CO)ccc2c1. The summed E-state index contributed by atoms with van der Waals surface area (Å²) in [7, 11) is 0. The van der Waals surface area contributed by atoms with Crippen LogP contribution in [0.1, 0.15) is 5.56 Å². The van der Waals surface area contributed by atoms with Gasteiger partial charge >= 0.3 is 6.09 Å². The van der Waals surface area contributed by atoms with Crippen molar-refractivity contribution in [3.05, 3.63) is 54.6 Å². The molecule has 2 rings (SSSR count). The Kier molecular flexibility index (Phi) is 4.15. The lowest BCUT2D eigenvalue weighted by molar-refractivity contribution is 0.174. The molecule has 2 aromatic rings. The summed E-state index contributed by atoms with van der Waals surface area (Å²) in [6, 6.07) is 11.2. The van der Waals surface area contributed by atoms with E-state index in [1.807, 2.05) is 30.3 Å². The highest BCUT2D eigenvalue weighted by atomic mass is 16.5. The molecule has 0 saturated heterocycles. The van der Waals surface area contributed by atoms with Crippen molar-refractivity contribution in [2.45, 2.75) is 6.61 Å². The second kappa shape index (κ2) is 6.02. The molecule has 0 fully saturated rings. The van der Waals surface area contributed by atoms with Gasteiger partial charge in [0.15, 0.2) is 0 Å². The van der Waals surface area contributed by atoms with Gasteiger partial charge in [0.2, 0.25) is 0 Å². The lowest BCUT2D eigenvalue weighted by atomic mass is 10.1. The molecule has 0 bridgehead atoms. The van der Waals surface area contributed by atoms with Crippen LogP contribution in [0.25, 0.3) is 10.8 Å². The lowest BCUT2D eigenvalue weighted by Gasteiger charge is -2.07. The van der Waals surface area contributed by atoms with Crippen LogP contribution in [-0.4, -0.2) is 17.8 Å². The van der Waals surface area contributed by atoms with E-state index in [4.69, 9.17) is 9.84 Å². The van der Waals surface area contributed by atoms with Crippen LogP contribution in [0.2, 0.25) is 0 Å². The van der Waals surface area contributed by atoms with E-state index in [9.17, 15) is 4.79 Å². The fraction of sp³-hybridized carbons (Fsp3) is 0.133. The fourth-order valence-electron chi connectivity index (χ4n) is 1.76. The number of fused-ring (bicyclic) bond motifs is 1. The minimum absolute atomic E-state index is 0.0177. The predicted octanol–water partition coefficient (Wildman–Crippen LogP) is 3.07. The Morgan fingerprint density at radius 2 is 2.00 bits per heavy atom. The molecule has 0 radical (unpaired) electrons. The molecule has 1 amide bonds. The molecule has 0 saturated carbocycles. The minimum atomic E-state index is -0.508. The number of amides is 1. The highest BCUT2D eigenvalue weighted by Gasteiger charge is 2.03. The van der Waals surface area contributed by atoms with Gasteiger partial charge in [0.1, 0.15) is 6.61 Å². The molecule has 4 heteroatoms. The van der Waals surface area contributed by atoms with Crippen molar-refractivity contribution in [1.82, 2.24) is 0 Å². The molecule has 0 aromatic heterocycles. The van der Waals surface area contributed by atoms with Crippen LogP contribution in [0.5, 0.6) is 0 Å². The van der Waals surface area contributed by atoms with Crippen molar-refractivity contribution in [1.29, 1.82) is 0 Å². The van der Waals surface area contributed by atoms with Gasteiger partial charge in [0.25, 0.3) is 0 Å². The third-order valence-corrected chi connectivity index (χ3v) is 2.67. The Labute approximate surface area is 111 Å². The molecule has 4 nitrogen and oxygen atoms in total.